The maximum atomic E-state index is 12.0. The molecule has 1 aliphatic carbocycles. The van der Waals surface area contributed by atoms with Crippen LogP contribution in [0.1, 0.15) is 59.8 Å². The summed E-state index contributed by atoms with van der Waals surface area (Å²) in [4.78, 5) is 12.0. The minimum atomic E-state index is -0.216. The van der Waals surface area contributed by atoms with Gasteiger partial charge in [-0.05, 0) is 37.0 Å². The molecule has 0 amide bonds. The molecule has 1 rings (SSSR count). The van der Waals surface area contributed by atoms with Gasteiger partial charge in [0.1, 0.15) is 6.10 Å². The Hall–Kier alpha value is -1.31. The zero-order valence-corrected chi connectivity index (χ0v) is 14.6. The highest BCUT2D eigenvalue weighted by Gasteiger charge is 2.32. The van der Waals surface area contributed by atoms with E-state index in [2.05, 4.69) is 33.8 Å². The van der Waals surface area contributed by atoms with Crippen molar-refractivity contribution in [2.75, 3.05) is 0 Å². The molecule has 1 aliphatic rings. The molecule has 0 aromatic rings. The molecule has 124 valence electrons. The van der Waals surface area contributed by atoms with Crippen LogP contribution < -0.4 is 0 Å². The molecule has 0 aliphatic heterocycles. The summed E-state index contributed by atoms with van der Waals surface area (Å²) in [6.07, 6.45) is 17.0. The second-order valence-corrected chi connectivity index (χ2v) is 6.76. The molecule has 0 heterocycles. The van der Waals surface area contributed by atoms with Crippen LogP contribution in [-0.4, -0.2) is 12.1 Å². The quantitative estimate of drug-likeness (QED) is 0.355. The minimum absolute atomic E-state index is 0.0781. The van der Waals surface area contributed by atoms with E-state index in [1.807, 2.05) is 18.2 Å². The van der Waals surface area contributed by atoms with Crippen LogP contribution in [0.25, 0.3) is 0 Å². The first-order chi connectivity index (χ1) is 10.5. The summed E-state index contributed by atoms with van der Waals surface area (Å²) in [6.45, 7) is 8.85. The Morgan fingerprint density at radius 2 is 1.91 bits per heavy atom. The third kappa shape index (κ3) is 7.11. The molecule has 1 fully saturated rings. The number of carbonyl (C=O) groups excluding carboxylic acids is 1. The van der Waals surface area contributed by atoms with Crippen molar-refractivity contribution in [2.45, 2.75) is 65.9 Å². The van der Waals surface area contributed by atoms with Crippen molar-refractivity contribution in [3.63, 3.8) is 0 Å². The lowest BCUT2D eigenvalue weighted by Crippen LogP contribution is -2.35. The van der Waals surface area contributed by atoms with E-state index in [0.717, 1.165) is 19.3 Å². The van der Waals surface area contributed by atoms with E-state index in [1.165, 1.54) is 18.9 Å². The number of allylic oxidation sites excluding steroid dienone is 5. The number of unbranched alkanes of at least 4 members (excludes halogenated alkanes) is 1. The summed E-state index contributed by atoms with van der Waals surface area (Å²) in [5.74, 6) is 1.51. The molecule has 1 saturated carbocycles. The SMILES string of the molecule is CCC/C=C/C=C/C=C/C(=O)O[C@@H]1C[C@H](C)CC[C@H]1C(C)C. The highest BCUT2D eigenvalue weighted by Crippen LogP contribution is 2.35. The Bertz CT molecular complexity index is 404. The number of esters is 1. The molecule has 0 unspecified atom stereocenters. The molecule has 0 aromatic carbocycles. The maximum absolute atomic E-state index is 12.0. The molecule has 0 spiro atoms. The van der Waals surface area contributed by atoms with Gasteiger partial charge in [-0.3, -0.25) is 0 Å². The summed E-state index contributed by atoms with van der Waals surface area (Å²) < 4.78 is 5.70. The number of ether oxygens (including phenoxy) is 1. The van der Waals surface area contributed by atoms with Crippen LogP contribution in [0.5, 0.6) is 0 Å². The third-order valence-electron chi connectivity index (χ3n) is 4.39. The van der Waals surface area contributed by atoms with Crippen molar-refractivity contribution < 1.29 is 9.53 Å². The van der Waals surface area contributed by atoms with Gasteiger partial charge in [0.05, 0.1) is 0 Å². The molecule has 0 saturated heterocycles. The number of rotatable bonds is 7. The lowest BCUT2D eigenvalue weighted by atomic mass is 9.75. The fraction of sp³-hybridized carbons (Fsp3) is 0.650. The smallest absolute Gasteiger partial charge is 0.331 e. The Balaban J connectivity index is 2.44. The van der Waals surface area contributed by atoms with Gasteiger partial charge in [-0.15, -0.1) is 0 Å². The second kappa shape index (κ2) is 10.4. The average Bonchev–Trinajstić information content (AvgIpc) is 2.46. The van der Waals surface area contributed by atoms with Gasteiger partial charge >= 0.3 is 5.97 Å². The van der Waals surface area contributed by atoms with E-state index in [9.17, 15) is 4.79 Å². The first-order valence-electron chi connectivity index (χ1n) is 8.75. The maximum Gasteiger partial charge on any atom is 0.331 e. The van der Waals surface area contributed by atoms with Gasteiger partial charge < -0.3 is 4.74 Å². The fourth-order valence-electron chi connectivity index (χ4n) is 3.04. The normalized spacial score (nSPS) is 26.5. The summed E-state index contributed by atoms with van der Waals surface area (Å²) in [6, 6.07) is 0. The summed E-state index contributed by atoms with van der Waals surface area (Å²) >= 11 is 0. The van der Waals surface area contributed by atoms with E-state index >= 15 is 0 Å². The van der Waals surface area contributed by atoms with Gasteiger partial charge in [-0.2, -0.15) is 0 Å². The number of carbonyl (C=O) groups is 1. The lowest BCUT2D eigenvalue weighted by molar-refractivity contribution is -0.149. The van der Waals surface area contributed by atoms with Crippen LogP contribution in [0.3, 0.4) is 0 Å². The van der Waals surface area contributed by atoms with E-state index in [-0.39, 0.29) is 12.1 Å². The summed E-state index contributed by atoms with van der Waals surface area (Å²) in [5.41, 5.74) is 0. The molecule has 3 atom stereocenters. The van der Waals surface area contributed by atoms with Crippen molar-refractivity contribution in [3.05, 3.63) is 36.5 Å². The van der Waals surface area contributed by atoms with Crippen LogP contribution in [0, 0.1) is 17.8 Å². The van der Waals surface area contributed by atoms with E-state index in [4.69, 9.17) is 4.74 Å². The van der Waals surface area contributed by atoms with E-state index < -0.39 is 0 Å². The molecule has 22 heavy (non-hydrogen) atoms. The van der Waals surface area contributed by atoms with Crippen LogP contribution in [-0.2, 0) is 9.53 Å². The van der Waals surface area contributed by atoms with Gasteiger partial charge in [0.25, 0.3) is 0 Å². The summed E-state index contributed by atoms with van der Waals surface area (Å²) in [7, 11) is 0. The Kier molecular flexibility index (Phi) is 8.88. The molecule has 2 nitrogen and oxygen atoms in total. The fourth-order valence-corrected chi connectivity index (χ4v) is 3.04. The molecule has 2 heteroatoms. The van der Waals surface area contributed by atoms with Gasteiger partial charge in [0.15, 0.2) is 0 Å². The highest BCUT2D eigenvalue weighted by atomic mass is 16.5. The van der Waals surface area contributed by atoms with Crippen LogP contribution in [0.15, 0.2) is 36.5 Å². The van der Waals surface area contributed by atoms with Gasteiger partial charge in [-0.25, -0.2) is 4.79 Å². The minimum Gasteiger partial charge on any atom is -0.459 e. The van der Waals surface area contributed by atoms with Crippen molar-refractivity contribution in [1.82, 2.24) is 0 Å². The first-order valence-corrected chi connectivity index (χ1v) is 8.75. The molecular weight excluding hydrogens is 272 g/mol. The van der Waals surface area contributed by atoms with Gasteiger partial charge in [0, 0.05) is 6.08 Å². The number of hydrogen-bond donors (Lipinski definition) is 0. The van der Waals surface area contributed by atoms with Crippen LogP contribution in [0.2, 0.25) is 0 Å². The molecule has 0 bridgehead atoms. The van der Waals surface area contributed by atoms with Gasteiger partial charge in [0.2, 0.25) is 0 Å². The molecule has 0 N–H and O–H groups in total. The van der Waals surface area contributed by atoms with Gasteiger partial charge in [-0.1, -0.05) is 70.9 Å². The number of hydrogen-bond acceptors (Lipinski definition) is 2. The Labute approximate surface area is 136 Å². The van der Waals surface area contributed by atoms with E-state index in [1.54, 1.807) is 6.08 Å². The third-order valence-corrected chi connectivity index (χ3v) is 4.39. The van der Waals surface area contributed by atoms with Crippen molar-refractivity contribution in [2.24, 2.45) is 17.8 Å². The zero-order valence-electron chi connectivity index (χ0n) is 14.6. The molecule has 0 aromatic heterocycles. The van der Waals surface area contributed by atoms with Crippen LogP contribution in [0.4, 0.5) is 0 Å². The molecule has 0 radical (unpaired) electrons. The zero-order chi connectivity index (χ0) is 16.4. The van der Waals surface area contributed by atoms with Crippen molar-refractivity contribution in [3.8, 4) is 0 Å². The Morgan fingerprint density at radius 3 is 2.59 bits per heavy atom. The second-order valence-electron chi connectivity index (χ2n) is 6.76. The highest BCUT2D eigenvalue weighted by molar-refractivity contribution is 5.82. The van der Waals surface area contributed by atoms with E-state index in [0.29, 0.717) is 17.8 Å². The molecular formula is C20H32O2. The Morgan fingerprint density at radius 1 is 1.18 bits per heavy atom. The predicted molar refractivity (Wildman–Crippen MR) is 93.6 cm³/mol. The summed E-state index contributed by atoms with van der Waals surface area (Å²) in [5, 5.41) is 0. The topological polar surface area (TPSA) is 26.3 Å². The van der Waals surface area contributed by atoms with Crippen molar-refractivity contribution >= 4 is 5.97 Å². The lowest BCUT2D eigenvalue weighted by Gasteiger charge is -2.36. The van der Waals surface area contributed by atoms with Crippen LogP contribution >= 0.6 is 0 Å². The standard InChI is InChI=1S/C20H32O2/c1-5-6-7-8-9-10-11-12-20(21)22-19-15-17(4)13-14-18(19)16(2)3/h7-12,16-19H,5-6,13-15H2,1-4H3/b8-7+,10-9+,12-11+/t17-,18+,19-/m1/s1. The first kappa shape index (κ1) is 18.7. The average molecular weight is 304 g/mol. The monoisotopic (exact) mass is 304 g/mol. The predicted octanol–water partition coefficient (Wildman–Crippen LogP) is 5.46. The largest absolute Gasteiger partial charge is 0.459 e. The van der Waals surface area contributed by atoms with Crippen molar-refractivity contribution in [1.29, 1.82) is 0 Å².